The van der Waals surface area contributed by atoms with Crippen LogP contribution in [0, 0.1) is 0 Å². The lowest BCUT2D eigenvalue weighted by Crippen LogP contribution is -2.36. The van der Waals surface area contributed by atoms with Gasteiger partial charge in [-0.2, -0.15) is 0 Å². The Balaban J connectivity index is 1.58. The number of fused-ring (bicyclic) bond motifs is 1. The zero-order valence-corrected chi connectivity index (χ0v) is 14.4. The van der Waals surface area contributed by atoms with Crippen molar-refractivity contribution in [2.24, 2.45) is 7.05 Å². The number of benzene rings is 1. The molecule has 1 amide bonds. The monoisotopic (exact) mass is 327 g/mol. The second kappa shape index (κ2) is 7.64. The van der Waals surface area contributed by atoms with Crippen molar-refractivity contribution in [3.8, 4) is 0 Å². The number of carbonyl (C=O) groups is 1. The molecule has 0 bridgehead atoms. The average molecular weight is 327 g/mol. The van der Waals surface area contributed by atoms with E-state index in [2.05, 4.69) is 33.1 Å². The van der Waals surface area contributed by atoms with Gasteiger partial charge in [0.15, 0.2) is 0 Å². The second-order valence-electron chi connectivity index (χ2n) is 6.33. The highest BCUT2D eigenvalue weighted by Crippen LogP contribution is 2.21. The number of hydrogen-bond acceptors (Lipinski definition) is 3. The minimum Gasteiger partial charge on any atom is -0.383 e. The van der Waals surface area contributed by atoms with Gasteiger partial charge in [0, 0.05) is 68.6 Å². The second-order valence-corrected chi connectivity index (χ2v) is 6.33. The Labute approximate surface area is 142 Å². The van der Waals surface area contributed by atoms with E-state index < -0.39 is 0 Å². The smallest absolute Gasteiger partial charge is 0.244 e. The summed E-state index contributed by atoms with van der Waals surface area (Å²) in [5, 5.41) is 4.26. The van der Waals surface area contributed by atoms with Crippen LogP contribution in [0.1, 0.15) is 12.0 Å². The van der Waals surface area contributed by atoms with Crippen molar-refractivity contribution in [1.82, 2.24) is 14.8 Å². The molecule has 0 aliphatic carbocycles. The van der Waals surface area contributed by atoms with E-state index >= 15 is 0 Å². The third kappa shape index (κ3) is 3.86. The summed E-state index contributed by atoms with van der Waals surface area (Å²) >= 11 is 0. The van der Waals surface area contributed by atoms with Crippen LogP contribution < -0.4 is 5.32 Å². The number of para-hydroxylation sites is 1. The van der Waals surface area contributed by atoms with Crippen LogP contribution in [0.2, 0.25) is 0 Å². The first-order valence-electron chi connectivity index (χ1n) is 8.41. The van der Waals surface area contributed by atoms with Crippen LogP contribution in [0.25, 0.3) is 17.0 Å². The third-order valence-corrected chi connectivity index (χ3v) is 4.57. The van der Waals surface area contributed by atoms with Crippen molar-refractivity contribution in [3.05, 3.63) is 42.1 Å². The molecule has 0 unspecified atom stereocenters. The van der Waals surface area contributed by atoms with Crippen LogP contribution in [0.3, 0.4) is 0 Å². The predicted octanol–water partition coefficient (Wildman–Crippen LogP) is 2.03. The molecule has 0 radical (unpaired) electrons. The summed E-state index contributed by atoms with van der Waals surface area (Å²) < 4.78 is 7.18. The Morgan fingerprint density at radius 2 is 2.25 bits per heavy atom. The number of rotatable bonds is 6. The van der Waals surface area contributed by atoms with Gasteiger partial charge in [0.05, 0.1) is 6.61 Å². The number of hydrogen-bond donors (Lipinski definition) is 1. The standard InChI is InChI=1S/C19H25N3O2/c1-21-13-15(17-5-3-4-6-18(17)21)7-8-19(23)20-16-9-10-22(14-16)11-12-24-2/h3-8,13,16H,9-12,14H2,1-2H3,(H,20,23)/b8-7+/t16-/m0/s1. The third-order valence-electron chi connectivity index (χ3n) is 4.57. The van der Waals surface area contributed by atoms with Gasteiger partial charge in [-0.25, -0.2) is 0 Å². The van der Waals surface area contributed by atoms with Gasteiger partial charge < -0.3 is 14.6 Å². The number of amides is 1. The SMILES string of the molecule is COCCN1CC[C@H](NC(=O)/C=C/c2cn(C)c3ccccc23)C1. The van der Waals surface area contributed by atoms with Crippen LogP contribution in [0.5, 0.6) is 0 Å². The Bertz CT molecular complexity index is 735. The molecule has 2 aromatic rings. The van der Waals surface area contributed by atoms with Crippen molar-refractivity contribution < 1.29 is 9.53 Å². The maximum atomic E-state index is 12.2. The molecule has 2 heterocycles. The van der Waals surface area contributed by atoms with Crippen molar-refractivity contribution in [1.29, 1.82) is 0 Å². The van der Waals surface area contributed by atoms with E-state index in [0.717, 1.165) is 43.6 Å². The quantitative estimate of drug-likeness (QED) is 0.826. The number of aromatic nitrogens is 1. The zero-order chi connectivity index (χ0) is 16.9. The number of carbonyl (C=O) groups excluding carboxylic acids is 1. The topological polar surface area (TPSA) is 46.5 Å². The maximum absolute atomic E-state index is 12.2. The van der Waals surface area contributed by atoms with Gasteiger partial charge >= 0.3 is 0 Å². The number of nitrogens with one attached hydrogen (secondary N) is 1. The first kappa shape index (κ1) is 16.7. The molecular formula is C19H25N3O2. The molecule has 1 aliphatic rings. The summed E-state index contributed by atoms with van der Waals surface area (Å²) in [4.78, 5) is 14.5. The molecule has 1 atom stereocenters. The number of aryl methyl sites for hydroxylation is 1. The molecule has 1 fully saturated rings. The van der Waals surface area contributed by atoms with Crippen LogP contribution in [0.4, 0.5) is 0 Å². The first-order valence-corrected chi connectivity index (χ1v) is 8.41. The largest absolute Gasteiger partial charge is 0.383 e. The van der Waals surface area contributed by atoms with Crippen molar-refractivity contribution in [2.75, 3.05) is 33.4 Å². The van der Waals surface area contributed by atoms with Crippen LogP contribution in [-0.4, -0.2) is 54.8 Å². The van der Waals surface area contributed by atoms with E-state index in [4.69, 9.17) is 4.74 Å². The lowest BCUT2D eigenvalue weighted by molar-refractivity contribution is -0.117. The van der Waals surface area contributed by atoms with Crippen LogP contribution in [0.15, 0.2) is 36.5 Å². The summed E-state index contributed by atoms with van der Waals surface area (Å²) in [6.45, 7) is 3.58. The highest BCUT2D eigenvalue weighted by atomic mass is 16.5. The molecule has 0 saturated carbocycles. The molecule has 24 heavy (non-hydrogen) atoms. The van der Waals surface area contributed by atoms with Crippen LogP contribution >= 0.6 is 0 Å². The molecule has 5 nitrogen and oxygen atoms in total. The Hall–Kier alpha value is -2.11. The Kier molecular flexibility index (Phi) is 5.33. The fraction of sp³-hybridized carbons (Fsp3) is 0.421. The van der Waals surface area contributed by atoms with E-state index in [1.54, 1.807) is 13.2 Å². The fourth-order valence-electron chi connectivity index (χ4n) is 3.29. The van der Waals surface area contributed by atoms with Gasteiger partial charge in [-0.1, -0.05) is 18.2 Å². The summed E-state index contributed by atoms with van der Waals surface area (Å²) in [6.07, 6.45) is 6.59. The highest BCUT2D eigenvalue weighted by molar-refractivity contribution is 5.96. The molecule has 3 rings (SSSR count). The number of likely N-dealkylation sites (tertiary alicyclic amines) is 1. The van der Waals surface area contributed by atoms with E-state index in [1.165, 1.54) is 5.52 Å². The van der Waals surface area contributed by atoms with E-state index in [-0.39, 0.29) is 11.9 Å². The van der Waals surface area contributed by atoms with Crippen molar-refractivity contribution in [2.45, 2.75) is 12.5 Å². The van der Waals surface area contributed by atoms with Crippen molar-refractivity contribution >= 4 is 22.9 Å². The minimum absolute atomic E-state index is 0.0264. The highest BCUT2D eigenvalue weighted by Gasteiger charge is 2.22. The Morgan fingerprint density at radius 3 is 3.08 bits per heavy atom. The molecule has 1 aliphatic heterocycles. The van der Waals surface area contributed by atoms with Gasteiger partial charge in [-0.3, -0.25) is 9.69 Å². The lowest BCUT2D eigenvalue weighted by atomic mass is 10.1. The van der Waals surface area contributed by atoms with Gasteiger partial charge in [0.1, 0.15) is 0 Å². The molecule has 128 valence electrons. The average Bonchev–Trinajstić information content (AvgIpc) is 3.16. The molecule has 5 heteroatoms. The molecule has 0 spiro atoms. The lowest BCUT2D eigenvalue weighted by Gasteiger charge is -2.15. The fourth-order valence-corrected chi connectivity index (χ4v) is 3.29. The van der Waals surface area contributed by atoms with E-state index in [0.29, 0.717) is 0 Å². The van der Waals surface area contributed by atoms with Gasteiger partial charge in [-0.15, -0.1) is 0 Å². The summed E-state index contributed by atoms with van der Waals surface area (Å²) in [5.41, 5.74) is 2.23. The summed E-state index contributed by atoms with van der Waals surface area (Å²) in [6, 6.07) is 8.44. The molecule has 1 saturated heterocycles. The number of ether oxygens (including phenoxy) is 1. The molecule has 1 aromatic carbocycles. The summed E-state index contributed by atoms with van der Waals surface area (Å²) in [7, 11) is 3.74. The molecular weight excluding hydrogens is 302 g/mol. The molecule has 1 aromatic heterocycles. The zero-order valence-electron chi connectivity index (χ0n) is 14.4. The summed E-state index contributed by atoms with van der Waals surface area (Å²) in [5.74, 6) is -0.0264. The van der Waals surface area contributed by atoms with Gasteiger partial charge in [0.2, 0.25) is 5.91 Å². The van der Waals surface area contributed by atoms with Crippen LogP contribution in [-0.2, 0) is 16.6 Å². The van der Waals surface area contributed by atoms with Crippen molar-refractivity contribution in [3.63, 3.8) is 0 Å². The predicted molar refractivity (Wildman–Crippen MR) is 96.8 cm³/mol. The molecule has 1 N–H and O–H groups in total. The van der Waals surface area contributed by atoms with Gasteiger partial charge in [0.25, 0.3) is 0 Å². The van der Waals surface area contributed by atoms with Gasteiger partial charge in [-0.05, 0) is 18.6 Å². The maximum Gasteiger partial charge on any atom is 0.244 e. The minimum atomic E-state index is -0.0264. The normalized spacial score (nSPS) is 18.7. The first-order chi connectivity index (χ1) is 11.7. The number of nitrogens with zero attached hydrogens (tertiary/aromatic N) is 2. The van der Waals surface area contributed by atoms with E-state index in [9.17, 15) is 4.79 Å². The Morgan fingerprint density at radius 1 is 1.42 bits per heavy atom. The number of methoxy groups -OCH3 is 1. The van der Waals surface area contributed by atoms with E-state index in [1.807, 2.05) is 25.3 Å².